The molecule has 11 rings (SSSR count). The van der Waals surface area contributed by atoms with Crippen molar-refractivity contribution in [3.63, 3.8) is 0 Å². The number of unbranched alkanes of at least 4 members (excludes halogenated alkanes) is 6. The highest BCUT2D eigenvalue weighted by Gasteiger charge is 2.29. The highest BCUT2D eigenvalue weighted by atomic mass is 32.1. The van der Waals surface area contributed by atoms with E-state index < -0.39 is 9.52 Å². The summed E-state index contributed by atoms with van der Waals surface area (Å²) in [4.78, 5) is 13.8. The zero-order valence-corrected chi connectivity index (χ0v) is 42.5. The maximum Gasteiger partial charge on any atom is 0.134 e. The van der Waals surface area contributed by atoms with E-state index in [-0.39, 0.29) is 11.6 Å². The molecule has 63 heavy (non-hydrogen) atoms. The van der Waals surface area contributed by atoms with Gasteiger partial charge in [0.25, 0.3) is 0 Å². The Bertz CT molecular complexity index is 3050. The summed E-state index contributed by atoms with van der Waals surface area (Å²) >= 11 is 12.6. The molecule has 0 aliphatic carbocycles. The number of hydrogen-bond donors (Lipinski definition) is 0. The SMILES string of the molecule is CCCCCCc1ccc(-c2ccc(-c3c(F)cc(-c4cc5c(s4)-c4sc(-c6cc(F)c(-c7ccc(-c8ccc(CCCCCC)s8)s7)c7nsnc67)cc4[SiH2]5)c4nsnc34)s2)s1. The van der Waals surface area contributed by atoms with Gasteiger partial charge in [-0.1, -0.05) is 52.4 Å². The van der Waals surface area contributed by atoms with E-state index >= 15 is 8.78 Å². The molecule has 0 fully saturated rings. The number of hydrogen-bond acceptors (Lipinski definition) is 12. The highest BCUT2D eigenvalue weighted by molar-refractivity contribution is 7.29. The standard InChI is InChI=1S/C48H40F2N4S8Si/c1-3-5-7-9-11-25-13-15-31(55-25)33-17-19-35(57-33)41-29(49)21-27(43-45(41)53-61-51-43)37-23-39-47(59-37)48-40(63-39)24-38(60-48)28-22-30(50)42(46-44(28)52-62-54-46)36-20-18-34(58-36)32-16-14-26(56-32)12-10-8-6-4-2/h13-24H,3-12,63H2,1-2H3. The third-order valence-corrected chi connectivity index (χ3v) is 22.7. The lowest BCUT2D eigenvalue weighted by Crippen LogP contribution is -2.18. The van der Waals surface area contributed by atoms with E-state index in [1.165, 1.54) is 91.0 Å². The Kier molecular flexibility index (Phi) is 12.0. The maximum absolute atomic E-state index is 16.4. The van der Waals surface area contributed by atoms with Crippen LogP contribution in [0.15, 0.2) is 72.8 Å². The molecule has 1 aliphatic rings. The van der Waals surface area contributed by atoms with Crippen molar-refractivity contribution in [2.24, 2.45) is 0 Å². The van der Waals surface area contributed by atoms with Crippen LogP contribution in [0.5, 0.6) is 0 Å². The van der Waals surface area contributed by atoms with Crippen molar-refractivity contribution < 1.29 is 8.78 Å². The molecule has 8 aromatic heterocycles. The average molecular weight is 995 g/mol. The normalized spacial score (nSPS) is 12.4. The van der Waals surface area contributed by atoms with E-state index in [1.807, 2.05) is 34.8 Å². The summed E-state index contributed by atoms with van der Waals surface area (Å²) in [6.45, 7) is 4.49. The maximum atomic E-state index is 16.4. The highest BCUT2D eigenvalue weighted by Crippen LogP contribution is 2.48. The molecule has 0 bridgehead atoms. The number of aromatic nitrogens is 4. The summed E-state index contributed by atoms with van der Waals surface area (Å²) < 4.78 is 51.6. The Morgan fingerprint density at radius 3 is 1.30 bits per heavy atom. The van der Waals surface area contributed by atoms with Gasteiger partial charge in [0.1, 0.15) is 33.7 Å². The molecule has 4 nitrogen and oxygen atoms in total. The number of nitrogens with zero attached hydrogens (tertiary/aromatic N) is 4. The first-order chi connectivity index (χ1) is 30.9. The summed E-state index contributed by atoms with van der Waals surface area (Å²) in [6, 6.07) is 25.0. The van der Waals surface area contributed by atoms with Crippen LogP contribution in [-0.2, 0) is 12.8 Å². The van der Waals surface area contributed by atoms with Crippen molar-refractivity contribution >= 4 is 133 Å². The Labute approximate surface area is 399 Å². The monoisotopic (exact) mass is 994 g/mol. The first-order valence-corrected chi connectivity index (χ1v) is 29.3. The molecule has 0 saturated heterocycles. The number of benzene rings is 2. The minimum Gasteiger partial charge on any atom is -0.206 e. The van der Waals surface area contributed by atoms with E-state index in [0.29, 0.717) is 22.2 Å². The third-order valence-electron chi connectivity index (χ3n) is 11.8. The molecule has 15 heteroatoms. The molecule has 318 valence electrons. The van der Waals surface area contributed by atoms with Gasteiger partial charge < -0.3 is 0 Å². The molecule has 0 amide bonds. The Balaban J connectivity index is 0.853. The predicted octanol–water partition coefficient (Wildman–Crippen LogP) is 15.7. The molecular weight excluding hydrogens is 955 g/mol. The van der Waals surface area contributed by atoms with Gasteiger partial charge in [0, 0.05) is 69.7 Å². The molecule has 0 radical (unpaired) electrons. The van der Waals surface area contributed by atoms with Gasteiger partial charge in [-0.3, -0.25) is 0 Å². The zero-order chi connectivity index (χ0) is 42.6. The van der Waals surface area contributed by atoms with Crippen LogP contribution in [0.3, 0.4) is 0 Å². The van der Waals surface area contributed by atoms with Crippen LogP contribution in [0.1, 0.15) is 75.0 Å². The van der Waals surface area contributed by atoms with Crippen LogP contribution in [-0.4, -0.2) is 27.0 Å². The van der Waals surface area contributed by atoms with E-state index in [9.17, 15) is 0 Å². The minimum absolute atomic E-state index is 0.273. The smallest absolute Gasteiger partial charge is 0.134 e. The van der Waals surface area contributed by atoms with E-state index in [2.05, 4.69) is 71.1 Å². The van der Waals surface area contributed by atoms with Crippen LogP contribution in [0.25, 0.3) is 93.1 Å². The number of rotatable bonds is 16. The van der Waals surface area contributed by atoms with Crippen molar-refractivity contribution in [3.8, 4) is 71.0 Å². The van der Waals surface area contributed by atoms with E-state index in [0.717, 1.165) is 87.7 Å². The second kappa shape index (κ2) is 18.0. The van der Waals surface area contributed by atoms with Crippen molar-refractivity contribution in [2.45, 2.75) is 78.1 Å². The third kappa shape index (κ3) is 7.98. The van der Waals surface area contributed by atoms with E-state index in [4.69, 9.17) is 8.75 Å². The van der Waals surface area contributed by atoms with Gasteiger partial charge in [0.15, 0.2) is 0 Å². The van der Waals surface area contributed by atoms with Crippen molar-refractivity contribution in [1.82, 2.24) is 17.5 Å². The summed E-state index contributed by atoms with van der Waals surface area (Å²) in [7, 11) is -0.810. The largest absolute Gasteiger partial charge is 0.206 e. The molecule has 0 spiro atoms. The van der Waals surface area contributed by atoms with Gasteiger partial charge in [0.2, 0.25) is 0 Å². The lowest BCUT2D eigenvalue weighted by molar-refractivity contribution is 0.633. The molecule has 0 saturated carbocycles. The number of aryl methyl sites for hydroxylation is 2. The summed E-state index contributed by atoms with van der Waals surface area (Å²) in [5, 5.41) is 2.72. The molecule has 2 aromatic carbocycles. The molecule has 0 N–H and O–H groups in total. The van der Waals surface area contributed by atoms with Gasteiger partial charge in [-0.15, -0.1) is 68.0 Å². The lowest BCUT2D eigenvalue weighted by atomic mass is 10.0. The van der Waals surface area contributed by atoms with Crippen LogP contribution in [0, 0.1) is 11.6 Å². The molecule has 1 aliphatic heterocycles. The van der Waals surface area contributed by atoms with E-state index in [1.54, 1.807) is 57.5 Å². The number of fused-ring (bicyclic) bond motifs is 5. The summed E-state index contributed by atoms with van der Waals surface area (Å²) in [5.41, 5.74) is 5.38. The second-order valence-corrected chi connectivity index (χ2v) is 25.6. The second-order valence-electron chi connectivity index (χ2n) is 16.1. The van der Waals surface area contributed by atoms with Crippen molar-refractivity contribution in [2.75, 3.05) is 0 Å². The fourth-order valence-corrected chi connectivity index (χ4v) is 19.7. The molecule has 9 heterocycles. The van der Waals surface area contributed by atoms with Gasteiger partial charge in [-0.2, -0.15) is 17.5 Å². The summed E-state index contributed by atoms with van der Waals surface area (Å²) in [6.07, 6.45) is 12.3. The van der Waals surface area contributed by atoms with Gasteiger partial charge >= 0.3 is 0 Å². The predicted molar refractivity (Wildman–Crippen MR) is 277 cm³/mol. The Morgan fingerprint density at radius 1 is 0.429 bits per heavy atom. The molecule has 0 unspecified atom stereocenters. The van der Waals surface area contributed by atoms with Crippen LogP contribution < -0.4 is 10.4 Å². The average Bonchev–Trinajstić information content (AvgIpc) is 4.13. The van der Waals surface area contributed by atoms with Crippen molar-refractivity contribution in [3.05, 3.63) is 94.2 Å². The summed E-state index contributed by atoms with van der Waals surface area (Å²) in [5.74, 6) is -0.546. The first-order valence-electron chi connectivity index (χ1n) is 21.5. The van der Waals surface area contributed by atoms with Crippen LogP contribution in [0.2, 0.25) is 0 Å². The molecule has 0 atom stereocenters. The van der Waals surface area contributed by atoms with Gasteiger partial charge in [0.05, 0.1) is 44.1 Å². The fraction of sp³-hybridized carbons (Fsp3) is 0.250. The lowest BCUT2D eigenvalue weighted by Gasteiger charge is -2.06. The van der Waals surface area contributed by atoms with Gasteiger partial charge in [-0.25, -0.2) is 8.78 Å². The van der Waals surface area contributed by atoms with Gasteiger partial charge in [-0.05, 0) is 109 Å². The Morgan fingerprint density at radius 2 is 0.841 bits per heavy atom. The van der Waals surface area contributed by atoms with Crippen LogP contribution >= 0.6 is 91.5 Å². The topological polar surface area (TPSA) is 51.6 Å². The molecular formula is C48H40F2N4S8Si. The number of halogens is 2. The quantitative estimate of drug-likeness (QED) is 0.0715. The number of thiophene rings is 6. The van der Waals surface area contributed by atoms with Crippen LogP contribution in [0.4, 0.5) is 8.78 Å². The molecule has 10 aromatic rings. The Hall–Kier alpha value is -3.64. The first kappa shape index (κ1) is 42.0. The van der Waals surface area contributed by atoms with Crippen molar-refractivity contribution in [1.29, 1.82) is 0 Å². The zero-order valence-electron chi connectivity index (χ0n) is 34.5. The fourth-order valence-electron chi connectivity index (χ4n) is 8.59. The minimum atomic E-state index is -0.810.